The fourth-order valence-electron chi connectivity index (χ4n) is 1.34. The summed E-state index contributed by atoms with van der Waals surface area (Å²) in [5, 5.41) is 10.1. The quantitative estimate of drug-likeness (QED) is 0.775. The highest BCUT2D eigenvalue weighted by molar-refractivity contribution is 5.81. The highest BCUT2D eigenvalue weighted by Crippen LogP contribution is 2.32. The van der Waals surface area contributed by atoms with Crippen LogP contribution >= 0.6 is 0 Å². The van der Waals surface area contributed by atoms with Gasteiger partial charge in [-0.3, -0.25) is 0 Å². The van der Waals surface area contributed by atoms with Crippen molar-refractivity contribution in [2.75, 3.05) is 7.11 Å². The molecular formula is C11H19N3O4. The number of rotatable bonds is 4. The summed E-state index contributed by atoms with van der Waals surface area (Å²) in [5.41, 5.74) is -1.23. The van der Waals surface area contributed by atoms with Crippen molar-refractivity contribution in [1.29, 1.82) is 0 Å². The highest BCUT2D eigenvalue weighted by Gasteiger charge is 2.40. The van der Waals surface area contributed by atoms with Crippen LogP contribution in [0.3, 0.4) is 0 Å². The molecule has 1 aliphatic heterocycles. The summed E-state index contributed by atoms with van der Waals surface area (Å²) in [6, 6.07) is -0.815. The van der Waals surface area contributed by atoms with Crippen LogP contribution in [-0.4, -0.2) is 36.5 Å². The van der Waals surface area contributed by atoms with Crippen LogP contribution in [0.25, 0.3) is 0 Å². The standard InChI is InChI=1S/C11H19N3O4/c1-10(2,3)18-9(16)12-7(8(15)17-5)6-11(4)13-14-11/h7H,6H2,1-5H3,(H,12,16)/t7-/m1/s1. The fraction of sp³-hybridized carbons (Fsp3) is 0.818. The van der Waals surface area contributed by atoms with E-state index in [1.165, 1.54) is 7.11 Å². The summed E-state index contributed by atoms with van der Waals surface area (Å²) in [4.78, 5) is 23.1. The van der Waals surface area contributed by atoms with Gasteiger partial charge < -0.3 is 14.8 Å². The number of esters is 1. The third-order valence-corrected chi connectivity index (χ3v) is 2.21. The van der Waals surface area contributed by atoms with Gasteiger partial charge in [-0.1, -0.05) is 0 Å². The lowest BCUT2D eigenvalue weighted by molar-refractivity contribution is -0.143. The Bertz CT molecular complexity index is 367. The predicted molar refractivity (Wildman–Crippen MR) is 63.1 cm³/mol. The molecule has 0 spiro atoms. The maximum absolute atomic E-state index is 11.6. The third kappa shape index (κ3) is 4.68. The number of hydrogen-bond acceptors (Lipinski definition) is 6. The van der Waals surface area contributed by atoms with E-state index in [2.05, 4.69) is 20.3 Å². The lowest BCUT2D eigenvalue weighted by Crippen LogP contribution is -2.45. The lowest BCUT2D eigenvalue weighted by atomic mass is 10.1. The first-order valence-electron chi connectivity index (χ1n) is 5.67. The molecule has 18 heavy (non-hydrogen) atoms. The number of hydrogen-bond donors (Lipinski definition) is 1. The van der Waals surface area contributed by atoms with Gasteiger partial charge in [0.05, 0.1) is 7.11 Å². The Balaban J connectivity index is 2.55. The Hall–Kier alpha value is -1.66. The van der Waals surface area contributed by atoms with Gasteiger partial charge >= 0.3 is 12.1 Å². The predicted octanol–water partition coefficient (Wildman–Crippen LogP) is 1.62. The number of nitrogens with zero attached hydrogens (tertiary/aromatic N) is 2. The molecule has 0 aromatic rings. The van der Waals surface area contributed by atoms with E-state index in [9.17, 15) is 9.59 Å². The Morgan fingerprint density at radius 3 is 2.28 bits per heavy atom. The summed E-state index contributed by atoms with van der Waals surface area (Å²) < 4.78 is 9.70. The van der Waals surface area contributed by atoms with E-state index >= 15 is 0 Å². The van der Waals surface area contributed by atoms with Gasteiger partial charge in [0.1, 0.15) is 11.6 Å². The number of methoxy groups -OCH3 is 1. The van der Waals surface area contributed by atoms with E-state index < -0.39 is 29.4 Å². The summed E-state index contributed by atoms with van der Waals surface area (Å²) in [6.07, 6.45) is -0.402. The minimum absolute atomic E-state index is 0.263. The second-order valence-electron chi connectivity index (χ2n) is 5.34. The number of alkyl carbamates (subject to hydrolysis) is 1. The molecule has 7 nitrogen and oxygen atoms in total. The van der Waals surface area contributed by atoms with Crippen molar-refractivity contribution < 1.29 is 19.1 Å². The van der Waals surface area contributed by atoms with Crippen molar-refractivity contribution in [3.63, 3.8) is 0 Å². The van der Waals surface area contributed by atoms with Crippen LogP contribution in [0.15, 0.2) is 10.2 Å². The van der Waals surface area contributed by atoms with Crippen molar-refractivity contribution in [2.24, 2.45) is 10.2 Å². The van der Waals surface area contributed by atoms with Gasteiger partial charge in [0, 0.05) is 6.42 Å². The minimum Gasteiger partial charge on any atom is -0.467 e. The van der Waals surface area contributed by atoms with E-state index in [1.54, 1.807) is 27.7 Å². The van der Waals surface area contributed by atoms with Crippen molar-refractivity contribution in [2.45, 2.75) is 51.4 Å². The van der Waals surface area contributed by atoms with Crippen molar-refractivity contribution in [3.8, 4) is 0 Å². The Kier molecular flexibility index (Phi) is 3.93. The SMILES string of the molecule is COC(=O)[C@@H](CC1(C)N=N1)NC(=O)OC(C)(C)C. The second-order valence-corrected chi connectivity index (χ2v) is 5.34. The normalized spacial score (nSPS) is 17.8. The maximum Gasteiger partial charge on any atom is 0.408 e. The van der Waals surface area contributed by atoms with Crippen LogP contribution in [0.4, 0.5) is 4.79 Å². The van der Waals surface area contributed by atoms with Crippen LogP contribution in [-0.2, 0) is 14.3 Å². The van der Waals surface area contributed by atoms with E-state index in [0.29, 0.717) is 0 Å². The van der Waals surface area contributed by atoms with Crippen LogP contribution in [0, 0.1) is 0 Å². The zero-order valence-electron chi connectivity index (χ0n) is 11.3. The zero-order valence-corrected chi connectivity index (χ0v) is 11.3. The maximum atomic E-state index is 11.6. The largest absolute Gasteiger partial charge is 0.467 e. The van der Waals surface area contributed by atoms with Gasteiger partial charge in [0.2, 0.25) is 0 Å². The Morgan fingerprint density at radius 1 is 1.33 bits per heavy atom. The Morgan fingerprint density at radius 2 is 1.89 bits per heavy atom. The number of nitrogens with one attached hydrogen (secondary N) is 1. The first-order valence-corrected chi connectivity index (χ1v) is 5.67. The first kappa shape index (κ1) is 14.4. The monoisotopic (exact) mass is 257 g/mol. The molecule has 0 aromatic carbocycles. The van der Waals surface area contributed by atoms with Crippen LogP contribution in [0.2, 0.25) is 0 Å². The van der Waals surface area contributed by atoms with Gasteiger partial charge in [-0.05, 0) is 27.7 Å². The molecule has 0 unspecified atom stereocenters. The molecule has 1 N–H and O–H groups in total. The molecule has 1 atom stereocenters. The van der Waals surface area contributed by atoms with E-state index in [4.69, 9.17) is 4.74 Å². The van der Waals surface area contributed by atoms with Crippen molar-refractivity contribution in [1.82, 2.24) is 5.32 Å². The van der Waals surface area contributed by atoms with Crippen LogP contribution in [0.1, 0.15) is 34.1 Å². The first-order chi connectivity index (χ1) is 8.15. The molecule has 0 radical (unpaired) electrons. The molecule has 7 heteroatoms. The molecule has 0 bridgehead atoms. The topological polar surface area (TPSA) is 89.4 Å². The highest BCUT2D eigenvalue weighted by atomic mass is 16.6. The van der Waals surface area contributed by atoms with Gasteiger partial charge in [-0.2, -0.15) is 10.2 Å². The van der Waals surface area contributed by atoms with Crippen molar-refractivity contribution >= 4 is 12.1 Å². The molecule has 1 heterocycles. The average molecular weight is 257 g/mol. The second kappa shape index (κ2) is 4.91. The molecule has 0 aromatic heterocycles. The summed E-state index contributed by atoms with van der Waals surface area (Å²) in [5.74, 6) is -0.542. The number of carbonyl (C=O) groups excluding carboxylic acids is 2. The van der Waals surface area contributed by atoms with Crippen LogP contribution < -0.4 is 5.32 Å². The van der Waals surface area contributed by atoms with Gasteiger partial charge in [-0.25, -0.2) is 9.59 Å². The summed E-state index contributed by atoms with van der Waals surface area (Å²) in [6.45, 7) is 6.99. The molecule has 0 saturated carbocycles. The lowest BCUT2D eigenvalue weighted by Gasteiger charge is -2.23. The van der Waals surface area contributed by atoms with E-state index in [-0.39, 0.29) is 6.42 Å². The molecule has 1 amide bonds. The number of ether oxygens (including phenoxy) is 2. The van der Waals surface area contributed by atoms with Crippen LogP contribution in [0.5, 0.6) is 0 Å². The van der Waals surface area contributed by atoms with Gasteiger partial charge in [0.25, 0.3) is 0 Å². The molecular weight excluding hydrogens is 238 g/mol. The minimum atomic E-state index is -0.815. The summed E-state index contributed by atoms with van der Waals surface area (Å²) in [7, 11) is 1.26. The van der Waals surface area contributed by atoms with E-state index in [1.807, 2.05) is 0 Å². The Labute approximate surface area is 106 Å². The number of amides is 1. The molecule has 1 rings (SSSR count). The average Bonchev–Trinajstić information content (AvgIpc) is 2.91. The smallest absolute Gasteiger partial charge is 0.408 e. The van der Waals surface area contributed by atoms with E-state index in [0.717, 1.165) is 0 Å². The van der Waals surface area contributed by atoms with Gasteiger partial charge in [0.15, 0.2) is 5.66 Å². The fourth-order valence-corrected chi connectivity index (χ4v) is 1.34. The molecule has 102 valence electrons. The zero-order chi connectivity index (χ0) is 14.0. The third-order valence-electron chi connectivity index (χ3n) is 2.21. The van der Waals surface area contributed by atoms with Gasteiger partial charge in [-0.15, -0.1) is 0 Å². The molecule has 0 fully saturated rings. The molecule has 0 aliphatic carbocycles. The summed E-state index contributed by atoms with van der Waals surface area (Å²) >= 11 is 0. The molecule has 0 saturated heterocycles. The van der Waals surface area contributed by atoms with Crippen molar-refractivity contribution in [3.05, 3.63) is 0 Å². The number of carbonyl (C=O) groups is 2. The molecule has 1 aliphatic rings.